The van der Waals surface area contributed by atoms with Crippen molar-refractivity contribution in [1.82, 2.24) is 0 Å². The molecule has 6 atom stereocenters. The summed E-state index contributed by atoms with van der Waals surface area (Å²) in [5.41, 5.74) is 26.7. The van der Waals surface area contributed by atoms with Crippen LogP contribution in [-0.4, -0.2) is 23.4 Å². The standard InChI is InChI=1S/C23H27NS.C18H19NS.C17H23NS.C17H17NS.C16H21NS.C12H15NS/c1-17-11-9-10-16-21(17)24-18(2)22(19-12-5-3-6-13-19)25-23(24)20-14-7-4-8-15-20;1-13-9-7-8-12-17(13)19-14(2)15(3)20-18(19)16-10-5-4-6-11-16;2*1-13-8-6-7-11-16(13)18-12-19-17(14(18)2)15-9-4-3-5-10-15;1-12-7-3-6-10-15(12)17-11-18-16(13(17)2)14-8-4-5-9-14;1-9-6-4-5-7-12(9)13-8-14-11(3)10(13)2/h4,7-11,14-16,19,23H,3,5-6,12-13H2,1-2H3;4-12,18H,1-3H3;6-8,11,15H,3-5,9-10,12H2,1-2H3;3-11H,12H2,1-2H3;3,6-7,10,14H,4-5,8-9,11H2,1-2H3;4-7H,8H2,1-3H3/i;;2*12D;11D;8D. The van der Waals surface area contributed by atoms with E-state index in [2.05, 4.69) is 332 Å². The topological polar surface area (TPSA) is 19.4 Å². The summed E-state index contributed by atoms with van der Waals surface area (Å²) < 4.78 is 33.3. The van der Waals surface area contributed by atoms with Crippen molar-refractivity contribution in [3.05, 3.63) is 345 Å². The smallest absolute Gasteiger partial charge is 0.109 e. The summed E-state index contributed by atoms with van der Waals surface area (Å²) in [7, 11) is 0. The maximum atomic E-state index is 8.45. The molecule has 18 rings (SSSR count). The predicted molar refractivity (Wildman–Crippen MR) is 514 cm³/mol. The van der Waals surface area contributed by atoms with Gasteiger partial charge in [0.2, 0.25) is 0 Å². The maximum Gasteiger partial charge on any atom is 0.109 e. The van der Waals surface area contributed by atoms with Crippen molar-refractivity contribution >= 4 is 110 Å². The number of hydrogen-bond acceptors (Lipinski definition) is 12. The van der Waals surface area contributed by atoms with Gasteiger partial charge < -0.3 is 29.4 Å². The van der Waals surface area contributed by atoms with Crippen molar-refractivity contribution in [2.24, 2.45) is 17.8 Å². The lowest BCUT2D eigenvalue weighted by molar-refractivity contribution is 0.413. The number of para-hydroxylation sites is 6. The van der Waals surface area contributed by atoms with Crippen molar-refractivity contribution in [3.63, 3.8) is 0 Å². The van der Waals surface area contributed by atoms with Crippen LogP contribution in [0.15, 0.2) is 295 Å². The fraction of sp³-hybridized carbons (Fsp3) is 0.359. The van der Waals surface area contributed by atoms with E-state index in [9.17, 15) is 0 Å². The van der Waals surface area contributed by atoms with Gasteiger partial charge in [-0.05, 0) is 240 Å². The molecule has 0 radical (unpaired) electrons. The lowest BCUT2D eigenvalue weighted by Crippen LogP contribution is -2.21. The highest BCUT2D eigenvalue weighted by molar-refractivity contribution is 8.08. The molecule has 6 nitrogen and oxygen atoms in total. The van der Waals surface area contributed by atoms with Crippen LogP contribution >= 0.6 is 70.6 Å². The third-order valence-electron chi connectivity index (χ3n) is 23.9. The van der Waals surface area contributed by atoms with E-state index in [0.717, 1.165) is 23.0 Å². The van der Waals surface area contributed by atoms with E-state index in [-0.39, 0.29) is 23.4 Å². The van der Waals surface area contributed by atoms with E-state index in [4.69, 9.17) is 5.48 Å². The second-order valence-corrected chi connectivity index (χ2v) is 37.8. The molecule has 115 heavy (non-hydrogen) atoms. The zero-order valence-electron chi connectivity index (χ0n) is 74.2. The molecule has 0 aromatic heterocycles. The van der Waals surface area contributed by atoms with Crippen LogP contribution in [0.4, 0.5) is 34.1 Å². The molecule has 6 heterocycles. The number of allylic oxidation sites excluding steroid dienone is 11. The fourth-order valence-electron chi connectivity index (χ4n) is 17.0. The Kier molecular flexibility index (Phi) is 28.5. The van der Waals surface area contributed by atoms with Gasteiger partial charge in [0.05, 0.1) is 28.9 Å². The third kappa shape index (κ3) is 20.5. The largest absolute Gasteiger partial charge is 0.334 e. The van der Waals surface area contributed by atoms with Gasteiger partial charge >= 0.3 is 0 Å². The van der Waals surface area contributed by atoms with Gasteiger partial charge in [-0.1, -0.05) is 275 Å². The van der Waals surface area contributed by atoms with Crippen molar-refractivity contribution in [2.75, 3.05) is 52.8 Å². The number of rotatable bonds is 12. The summed E-state index contributed by atoms with van der Waals surface area (Å²) in [5.74, 6) is 1.21. The van der Waals surface area contributed by atoms with Gasteiger partial charge in [-0.3, -0.25) is 0 Å². The van der Waals surface area contributed by atoms with E-state index < -0.39 is 0 Å². The zero-order valence-corrected chi connectivity index (χ0v) is 75.1. The van der Waals surface area contributed by atoms with Crippen LogP contribution in [0, 0.1) is 59.3 Å². The van der Waals surface area contributed by atoms with E-state index in [1.54, 1.807) is 52.0 Å². The van der Waals surface area contributed by atoms with Gasteiger partial charge in [0.1, 0.15) is 10.7 Å². The molecule has 0 amide bonds. The zero-order chi connectivity index (χ0) is 84.0. The normalized spacial score (nSPS) is 22.4. The van der Waals surface area contributed by atoms with Gasteiger partial charge in [0.25, 0.3) is 0 Å². The molecule has 6 aliphatic heterocycles. The highest BCUT2D eigenvalue weighted by atomic mass is 32.2. The maximum absolute atomic E-state index is 8.45. The molecule has 9 aromatic rings. The van der Waals surface area contributed by atoms with Crippen molar-refractivity contribution in [3.8, 4) is 0 Å². The molecule has 3 saturated carbocycles. The second kappa shape index (κ2) is 41.1. The molecule has 6 unspecified atom stereocenters. The second-order valence-electron chi connectivity index (χ2n) is 31.7. The Morgan fingerprint density at radius 2 is 0.548 bits per heavy atom. The Morgan fingerprint density at radius 3 is 0.922 bits per heavy atom. The van der Waals surface area contributed by atoms with Crippen LogP contribution in [0.25, 0.3) is 4.91 Å². The Hall–Kier alpha value is -7.68. The lowest BCUT2D eigenvalue weighted by atomic mass is 9.88. The molecule has 9 aromatic carbocycles. The first kappa shape index (κ1) is 79.8. The van der Waals surface area contributed by atoms with Gasteiger partial charge in [0, 0.05) is 97.7 Å². The molecule has 3 fully saturated rings. The van der Waals surface area contributed by atoms with Crippen LogP contribution in [0.2, 0.25) is 0 Å². The van der Waals surface area contributed by atoms with Crippen molar-refractivity contribution < 1.29 is 5.48 Å². The summed E-state index contributed by atoms with van der Waals surface area (Å²) >= 11 is 10.8. The highest BCUT2D eigenvalue weighted by Crippen LogP contribution is 2.56. The summed E-state index contributed by atoms with van der Waals surface area (Å²) in [4.78, 5) is 22.1. The fourth-order valence-corrected chi connectivity index (χ4v) is 24.1. The van der Waals surface area contributed by atoms with Crippen LogP contribution in [0.3, 0.4) is 0 Å². The number of nitrogens with zero attached hydrogens (tertiary/aromatic N) is 6. The van der Waals surface area contributed by atoms with Gasteiger partial charge in [-0.2, -0.15) is 0 Å². The number of benzene rings is 9. The van der Waals surface area contributed by atoms with Crippen LogP contribution in [-0.2, 0) is 0 Å². The molecule has 0 saturated heterocycles. The first-order valence-electron chi connectivity index (χ1n) is 44.0. The van der Waals surface area contributed by atoms with Gasteiger partial charge in [-0.15, -0.1) is 47.0 Å². The molecule has 600 valence electrons. The number of thioether (sulfide) groups is 6. The molecule has 12 heteroatoms. The average Bonchev–Trinajstić information content (AvgIpc) is 1.64. The number of aryl methyl sites for hydroxylation is 6. The number of hydrogen-bond donors (Lipinski definition) is 0. The minimum absolute atomic E-state index is 0.211. The minimum Gasteiger partial charge on any atom is -0.334 e. The first-order valence-corrected chi connectivity index (χ1v) is 47.0. The van der Waals surface area contributed by atoms with Crippen LogP contribution < -0.4 is 29.4 Å². The third-order valence-corrected chi connectivity index (χ3v) is 31.3. The molecular weight excluding hydrogens is 1510 g/mol. The molecule has 3 aliphatic carbocycles. The molecule has 0 spiro atoms. The molecule has 0 N–H and O–H groups in total. The monoisotopic (exact) mass is 1640 g/mol. The summed E-state index contributed by atoms with van der Waals surface area (Å²) in [6, 6.07) is 82.9. The lowest BCUT2D eigenvalue weighted by Gasteiger charge is -2.29. The van der Waals surface area contributed by atoms with E-state index >= 15 is 0 Å². The molecule has 0 bridgehead atoms. The van der Waals surface area contributed by atoms with E-state index in [0.29, 0.717) is 22.6 Å². The van der Waals surface area contributed by atoms with Crippen molar-refractivity contribution in [1.29, 1.82) is 0 Å². The van der Waals surface area contributed by atoms with Crippen LogP contribution in [0.1, 0.15) is 212 Å². The summed E-state index contributed by atoms with van der Waals surface area (Å²) in [6.45, 7) is 30.3. The van der Waals surface area contributed by atoms with E-state index in [1.165, 1.54) is 216 Å². The predicted octanol–water partition coefficient (Wildman–Crippen LogP) is 31.5. The SMILES string of the molecule is CC1=C(C)N(c2ccccc2C)C(c2ccccc2)S1.CC1=C(C2CCCCC2)SC(c2ccccc2)N1c1ccccc1C.[2H]C1SC(C)=C(C)N1c1ccccc1C.[2H]C1SC(C2CCCC2)=C(C)N1c1ccccc1C.[2H]C1SC(C2CCCCC2)=C(C)N1c1ccccc1C.[2H]C1SC(c2ccccc2)=C(C)N1c1ccccc1C. The molecule has 9 aliphatic rings. The molecular formula is C103H122N6S6. The quantitative estimate of drug-likeness (QED) is 0.116. The Labute approximate surface area is 723 Å². The first-order chi connectivity index (χ1) is 57.6. The highest BCUT2D eigenvalue weighted by Gasteiger charge is 2.38. The van der Waals surface area contributed by atoms with E-state index in [1.807, 2.05) is 54.2 Å². The summed E-state index contributed by atoms with van der Waals surface area (Å²) in [5, 5.41) is 0.705. The Bertz CT molecular complexity index is 5130. The van der Waals surface area contributed by atoms with Gasteiger partial charge in [0.15, 0.2) is 0 Å². The Balaban J connectivity index is 0.000000124. The van der Waals surface area contributed by atoms with Crippen LogP contribution in [0.5, 0.6) is 0 Å². The number of anilines is 6. The Morgan fingerprint density at radius 1 is 0.252 bits per heavy atom. The average molecular weight is 1640 g/mol. The van der Waals surface area contributed by atoms with Gasteiger partial charge in [-0.25, -0.2) is 0 Å². The van der Waals surface area contributed by atoms with Crippen molar-refractivity contribution in [2.45, 2.75) is 198 Å². The summed E-state index contributed by atoms with van der Waals surface area (Å²) in [6.07, 6.45) is 19.0. The minimum atomic E-state index is -0.314.